The van der Waals surface area contributed by atoms with Crippen molar-refractivity contribution < 1.29 is 9.90 Å². The smallest absolute Gasteiger partial charge is 0.261 e. The molecule has 1 amide bonds. The summed E-state index contributed by atoms with van der Waals surface area (Å²) in [5.74, 6) is -0.200. The van der Waals surface area contributed by atoms with Gasteiger partial charge < -0.3 is 20.7 Å². The average Bonchev–Trinajstić information content (AvgIpc) is 3.47. The fourth-order valence-corrected chi connectivity index (χ4v) is 4.31. The van der Waals surface area contributed by atoms with E-state index < -0.39 is 0 Å². The molecule has 0 atom stereocenters. The standard InChI is InChI=1S/C22H23ClN6O3S/c1-27(10-11-30)18-12-16(28-9-3-2-4-21(28)31)5-6-17(18)29-14-15(25-26-29)13-24-22(32)19-7-8-20(23)33-19/h2-9,12,14,25-26,30H,10-11,13H2,1H3,(H,24,32). The second kappa shape index (κ2) is 10.1. The first-order chi connectivity index (χ1) is 16.0. The van der Waals surface area contributed by atoms with Crippen LogP contribution in [0.2, 0.25) is 4.34 Å². The second-order valence-corrected chi connectivity index (χ2v) is 8.99. The lowest BCUT2D eigenvalue weighted by atomic mass is 10.2. The minimum Gasteiger partial charge on any atom is -0.395 e. The van der Waals surface area contributed by atoms with E-state index in [1.54, 1.807) is 40.0 Å². The van der Waals surface area contributed by atoms with Crippen LogP contribution in [0.15, 0.2) is 71.4 Å². The molecule has 0 unspecified atom stereocenters. The summed E-state index contributed by atoms with van der Waals surface area (Å²) in [6, 6.07) is 14.0. The van der Waals surface area contributed by atoms with Crippen LogP contribution < -0.4 is 31.7 Å². The third-order valence-electron chi connectivity index (χ3n) is 5.02. The molecule has 0 aliphatic carbocycles. The van der Waals surface area contributed by atoms with Gasteiger partial charge in [-0.3, -0.25) is 19.2 Å². The molecule has 3 aromatic rings. The maximum atomic E-state index is 12.3. The number of aromatic nitrogens is 1. The molecule has 0 saturated carbocycles. The Balaban J connectivity index is 1.56. The Hall–Kier alpha value is -3.31. The van der Waals surface area contributed by atoms with Gasteiger partial charge in [0, 0.05) is 32.1 Å². The van der Waals surface area contributed by atoms with E-state index in [2.05, 4.69) is 16.3 Å². The topological polar surface area (TPSA) is 102 Å². The summed E-state index contributed by atoms with van der Waals surface area (Å²) in [5, 5.41) is 14.1. The predicted molar refractivity (Wildman–Crippen MR) is 131 cm³/mol. The maximum Gasteiger partial charge on any atom is 0.261 e. The molecule has 2 aromatic heterocycles. The first-order valence-corrected chi connectivity index (χ1v) is 11.3. The summed E-state index contributed by atoms with van der Waals surface area (Å²) in [4.78, 5) is 27.0. The number of nitrogens with one attached hydrogen (secondary N) is 3. The Morgan fingerprint density at radius 1 is 1.24 bits per heavy atom. The van der Waals surface area contributed by atoms with Gasteiger partial charge in [-0.2, -0.15) is 0 Å². The van der Waals surface area contributed by atoms with E-state index in [9.17, 15) is 14.7 Å². The molecule has 0 bridgehead atoms. The largest absolute Gasteiger partial charge is 0.395 e. The summed E-state index contributed by atoms with van der Waals surface area (Å²) < 4.78 is 2.12. The summed E-state index contributed by atoms with van der Waals surface area (Å²) in [5.41, 5.74) is 9.05. The molecule has 172 valence electrons. The number of hydrogen-bond acceptors (Lipinski definition) is 8. The molecule has 9 nitrogen and oxygen atoms in total. The van der Waals surface area contributed by atoms with Gasteiger partial charge in [0.2, 0.25) is 0 Å². The van der Waals surface area contributed by atoms with Crippen molar-refractivity contribution >= 4 is 40.2 Å². The minimum absolute atomic E-state index is 0.0169. The van der Waals surface area contributed by atoms with Gasteiger partial charge in [-0.1, -0.05) is 17.7 Å². The molecule has 1 aromatic carbocycles. The first-order valence-electron chi connectivity index (χ1n) is 10.2. The fraction of sp³-hybridized carbons (Fsp3) is 0.182. The van der Waals surface area contributed by atoms with E-state index >= 15 is 0 Å². The molecule has 0 fully saturated rings. The fourth-order valence-electron chi connectivity index (χ4n) is 3.35. The van der Waals surface area contributed by atoms with E-state index in [0.29, 0.717) is 21.4 Å². The number of carbonyl (C=O) groups excluding carboxylic acids is 1. The summed E-state index contributed by atoms with van der Waals surface area (Å²) >= 11 is 7.12. The highest BCUT2D eigenvalue weighted by Crippen LogP contribution is 2.31. The molecule has 33 heavy (non-hydrogen) atoms. The Kier molecular flexibility index (Phi) is 6.99. The number of benzene rings is 1. The third kappa shape index (κ3) is 5.20. The first kappa shape index (κ1) is 22.9. The highest BCUT2D eigenvalue weighted by atomic mass is 35.5. The second-order valence-electron chi connectivity index (χ2n) is 7.27. The Labute approximate surface area is 199 Å². The number of amides is 1. The van der Waals surface area contributed by atoms with E-state index in [-0.39, 0.29) is 24.6 Å². The zero-order chi connectivity index (χ0) is 23.4. The zero-order valence-corrected chi connectivity index (χ0v) is 19.4. The molecule has 4 rings (SSSR count). The highest BCUT2D eigenvalue weighted by Gasteiger charge is 2.20. The van der Waals surface area contributed by atoms with Gasteiger partial charge in [-0.15, -0.1) is 16.9 Å². The Bertz CT molecular complexity index is 1240. The number of nitrogens with zero attached hydrogens (tertiary/aromatic N) is 3. The van der Waals surface area contributed by atoms with Crippen LogP contribution in [0.3, 0.4) is 0 Å². The van der Waals surface area contributed by atoms with Crippen LogP contribution in [0.4, 0.5) is 11.4 Å². The predicted octanol–water partition coefficient (Wildman–Crippen LogP) is 2.08. The van der Waals surface area contributed by atoms with E-state index in [4.69, 9.17) is 11.6 Å². The van der Waals surface area contributed by atoms with Gasteiger partial charge in [0.1, 0.15) is 0 Å². The van der Waals surface area contributed by atoms with E-state index in [1.165, 1.54) is 17.4 Å². The van der Waals surface area contributed by atoms with Crippen molar-refractivity contribution in [3.8, 4) is 5.69 Å². The third-order valence-corrected chi connectivity index (χ3v) is 6.25. The van der Waals surface area contributed by atoms with Crippen LogP contribution in [0.25, 0.3) is 5.69 Å². The quantitative estimate of drug-likeness (QED) is 0.386. The van der Waals surface area contributed by atoms with E-state index in [0.717, 1.165) is 17.1 Å². The molecule has 1 aliphatic rings. The number of halogens is 1. The van der Waals surface area contributed by atoms with Crippen LogP contribution in [0.1, 0.15) is 9.67 Å². The molecule has 0 spiro atoms. The molecular weight excluding hydrogens is 464 g/mol. The normalized spacial score (nSPS) is 12.9. The SMILES string of the molecule is CN(CCO)c1cc(-n2ccccc2=O)ccc1N1C=C(CNC(=O)c2ccc(Cl)s2)NN1. The minimum atomic E-state index is -0.200. The highest BCUT2D eigenvalue weighted by molar-refractivity contribution is 7.18. The van der Waals surface area contributed by atoms with Gasteiger partial charge in [0.15, 0.2) is 0 Å². The number of aliphatic hydroxyl groups is 1. The number of aliphatic hydroxyl groups excluding tert-OH is 1. The molecular formula is C22H23ClN6O3S. The van der Waals surface area contributed by atoms with Crippen LogP contribution in [-0.4, -0.2) is 42.3 Å². The van der Waals surface area contributed by atoms with Crippen molar-refractivity contribution in [3.05, 3.63) is 86.2 Å². The lowest BCUT2D eigenvalue weighted by Crippen LogP contribution is -2.39. The summed E-state index contributed by atoms with van der Waals surface area (Å²) in [7, 11) is 1.87. The molecule has 0 saturated heterocycles. The van der Waals surface area contributed by atoms with Gasteiger partial charge in [0.05, 0.1) is 45.1 Å². The van der Waals surface area contributed by atoms with Crippen molar-refractivity contribution in [2.45, 2.75) is 0 Å². The van der Waals surface area contributed by atoms with Crippen LogP contribution >= 0.6 is 22.9 Å². The number of likely N-dealkylation sites (N-methyl/N-ethyl adjacent to an activating group) is 1. The van der Waals surface area contributed by atoms with Crippen LogP contribution in [-0.2, 0) is 0 Å². The molecule has 3 heterocycles. The van der Waals surface area contributed by atoms with Gasteiger partial charge in [-0.25, -0.2) is 0 Å². The van der Waals surface area contributed by atoms with Gasteiger partial charge in [0.25, 0.3) is 11.5 Å². The molecule has 11 heteroatoms. The zero-order valence-electron chi connectivity index (χ0n) is 17.8. The number of carbonyl (C=O) groups is 1. The lowest BCUT2D eigenvalue weighted by molar-refractivity contribution is 0.0960. The van der Waals surface area contributed by atoms with Crippen molar-refractivity contribution in [1.29, 1.82) is 0 Å². The number of thiophene rings is 1. The average molecular weight is 487 g/mol. The van der Waals surface area contributed by atoms with Crippen molar-refractivity contribution in [3.63, 3.8) is 0 Å². The molecule has 0 radical (unpaired) electrons. The van der Waals surface area contributed by atoms with Crippen molar-refractivity contribution in [2.24, 2.45) is 0 Å². The van der Waals surface area contributed by atoms with Gasteiger partial charge in [-0.05, 0) is 36.4 Å². The number of hydrazine groups is 2. The summed E-state index contributed by atoms with van der Waals surface area (Å²) in [6.07, 6.45) is 3.55. The Morgan fingerprint density at radius 3 is 2.82 bits per heavy atom. The number of anilines is 2. The molecule has 4 N–H and O–H groups in total. The number of rotatable bonds is 8. The monoisotopic (exact) mass is 486 g/mol. The number of hydrogen-bond donors (Lipinski definition) is 4. The van der Waals surface area contributed by atoms with Crippen LogP contribution in [0.5, 0.6) is 0 Å². The van der Waals surface area contributed by atoms with Crippen molar-refractivity contribution in [2.75, 3.05) is 36.7 Å². The van der Waals surface area contributed by atoms with Gasteiger partial charge >= 0.3 is 0 Å². The van der Waals surface area contributed by atoms with E-state index in [1.807, 2.05) is 36.3 Å². The Morgan fingerprint density at radius 2 is 2.09 bits per heavy atom. The van der Waals surface area contributed by atoms with Crippen LogP contribution in [0, 0.1) is 0 Å². The maximum absolute atomic E-state index is 12.3. The van der Waals surface area contributed by atoms with Crippen molar-refractivity contribution in [1.82, 2.24) is 20.8 Å². The molecule has 1 aliphatic heterocycles. The number of pyridine rings is 1. The lowest BCUT2D eigenvalue weighted by Gasteiger charge is -2.26. The summed E-state index contributed by atoms with van der Waals surface area (Å²) in [6.45, 7) is 0.686.